The topological polar surface area (TPSA) is 12.0 Å². The first-order chi connectivity index (χ1) is 10.0. The Bertz CT molecular complexity index is 603. The molecule has 21 heavy (non-hydrogen) atoms. The predicted molar refractivity (Wildman–Crippen MR) is 91.6 cm³/mol. The van der Waals surface area contributed by atoms with Crippen molar-refractivity contribution < 1.29 is 0 Å². The maximum absolute atomic E-state index is 3.68. The van der Waals surface area contributed by atoms with E-state index in [4.69, 9.17) is 0 Å². The second-order valence-corrected chi connectivity index (χ2v) is 7.57. The van der Waals surface area contributed by atoms with E-state index in [1.165, 1.54) is 42.1 Å². The summed E-state index contributed by atoms with van der Waals surface area (Å²) in [7, 11) is 0. The highest BCUT2D eigenvalue weighted by Crippen LogP contribution is 2.37. The number of hydrogen-bond acceptors (Lipinski definition) is 1. The monoisotopic (exact) mass is 281 g/mol. The summed E-state index contributed by atoms with van der Waals surface area (Å²) in [6.07, 6.45) is 4.01. The molecule has 0 radical (unpaired) electrons. The van der Waals surface area contributed by atoms with Crippen LogP contribution in [0.4, 0.5) is 0 Å². The fourth-order valence-electron chi connectivity index (χ4n) is 3.37. The SMILES string of the molecule is CC(C)(C)NCC1CCC1Cc1cccc2ccccc12. The molecule has 2 atom stereocenters. The van der Waals surface area contributed by atoms with Crippen molar-refractivity contribution in [1.82, 2.24) is 5.32 Å². The molecule has 2 aromatic rings. The van der Waals surface area contributed by atoms with E-state index in [9.17, 15) is 0 Å². The molecule has 0 amide bonds. The highest BCUT2D eigenvalue weighted by molar-refractivity contribution is 5.85. The lowest BCUT2D eigenvalue weighted by molar-refractivity contribution is 0.160. The third kappa shape index (κ3) is 3.47. The third-order valence-corrected chi connectivity index (χ3v) is 4.83. The molecule has 0 bridgehead atoms. The van der Waals surface area contributed by atoms with Crippen molar-refractivity contribution in [2.45, 2.75) is 45.6 Å². The van der Waals surface area contributed by atoms with Crippen LogP contribution in [-0.2, 0) is 6.42 Å². The summed E-state index contributed by atoms with van der Waals surface area (Å²) in [6.45, 7) is 7.93. The van der Waals surface area contributed by atoms with E-state index in [1.807, 2.05) is 0 Å². The highest BCUT2D eigenvalue weighted by atomic mass is 14.9. The van der Waals surface area contributed by atoms with E-state index in [1.54, 1.807) is 0 Å². The molecule has 1 fully saturated rings. The third-order valence-electron chi connectivity index (χ3n) is 4.83. The Hall–Kier alpha value is -1.34. The fraction of sp³-hybridized carbons (Fsp3) is 0.500. The van der Waals surface area contributed by atoms with Crippen LogP contribution in [0.5, 0.6) is 0 Å². The number of benzene rings is 2. The van der Waals surface area contributed by atoms with Gasteiger partial charge in [-0.15, -0.1) is 0 Å². The molecule has 0 spiro atoms. The molecule has 1 aliphatic rings. The minimum Gasteiger partial charge on any atom is -0.312 e. The largest absolute Gasteiger partial charge is 0.312 e. The van der Waals surface area contributed by atoms with Crippen molar-refractivity contribution in [3.8, 4) is 0 Å². The maximum atomic E-state index is 3.68. The molecule has 1 heteroatoms. The van der Waals surface area contributed by atoms with Crippen molar-refractivity contribution in [2.24, 2.45) is 11.8 Å². The first kappa shape index (κ1) is 14.6. The lowest BCUT2D eigenvalue weighted by Crippen LogP contribution is -2.44. The van der Waals surface area contributed by atoms with Gasteiger partial charge in [-0.3, -0.25) is 0 Å². The first-order valence-corrected chi connectivity index (χ1v) is 8.24. The average Bonchev–Trinajstić information content (AvgIpc) is 2.42. The Morgan fingerprint density at radius 2 is 1.67 bits per heavy atom. The molecule has 1 N–H and O–H groups in total. The Morgan fingerprint density at radius 3 is 2.38 bits per heavy atom. The summed E-state index contributed by atoms with van der Waals surface area (Å²) in [4.78, 5) is 0. The van der Waals surface area contributed by atoms with E-state index < -0.39 is 0 Å². The lowest BCUT2D eigenvalue weighted by atomic mass is 9.70. The number of rotatable bonds is 4. The van der Waals surface area contributed by atoms with Gasteiger partial charge in [0.2, 0.25) is 0 Å². The Morgan fingerprint density at radius 1 is 0.952 bits per heavy atom. The van der Waals surface area contributed by atoms with Gasteiger partial charge in [-0.2, -0.15) is 0 Å². The van der Waals surface area contributed by atoms with Gasteiger partial charge in [0.05, 0.1) is 0 Å². The minimum absolute atomic E-state index is 0.236. The quantitative estimate of drug-likeness (QED) is 0.849. The molecule has 1 nitrogen and oxygen atoms in total. The summed E-state index contributed by atoms with van der Waals surface area (Å²) in [6, 6.07) is 15.5. The Kier molecular flexibility index (Phi) is 4.03. The van der Waals surface area contributed by atoms with Crippen molar-refractivity contribution in [2.75, 3.05) is 6.54 Å². The Balaban J connectivity index is 1.68. The van der Waals surface area contributed by atoms with E-state index in [2.05, 4.69) is 68.6 Å². The molecule has 0 aromatic heterocycles. The van der Waals surface area contributed by atoms with Crippen molar-refractivity contribution >= 4 is 10.8 Å². The molecule has 0 saturated heterocycles. The van der Waals surface area contributed by atoms with Crippen LogP contribution in [-0.4, -0.2) is 12.1 Å². The van der Waals surface area contributed by atoms with E-state index in [0.29, 0.717) is 0 Å². The standard InChI is InChI=1S/C20H27N/c1-20(2,3)21-14-18-12-11-16(18)13-17-9-6-8-15-7-4-5-10-19(15)17/h4-10,16,18,21H,11-14H2,1-3H3. The molecule has 2 aromatic carbocycles. The number of nitrogens with one attached hydrogen (secondary N) is 1. The fourth-order valence-corrected chi connectivity index (χ4v) is 3.37. The summed E-state index contributed by atoms with van der Waals surface area (Å²) < 4.78 is 0. The molecular weight excluding hydrogens is 254 g/mol. The summed E-state index contributed by atoms with van der Waals surface area (Å²) in [5.74, 6) is 1.70. The normalized spacial score (nSPS) is 22.2. The zero-order valence-corrected chi connectivity index (χ0v) is 13.5. The number of fused-ring (bicyclic) bond motifs is 1. The predicted octanol–water partition coefficient (Wildman–Crippen LogP) is 4.80. The molecule has 0 aliphatic heterocycles. The minimum atomic E-state index is 0.236. The zero-order valence-electron chi connectivity index (χ0n) is 13.5. The van der Waals surface area contributed by atoms with Crippen molar-refractivity contribution in [3.05, 3.63) is 48.0 Å². The van der Waals surface area contributed by atoms with Crippen molar-refractivity contribution in [3.63, 3.8) is 0 Å². The van der Waals surface area contributed by atoms with E-state index in [0.717, 1.165) is 11.8 Å². The number of hydrogen-bond donors (Lipinski definition) is 1. The maximum Gasteiger partial charge on any atom is 0.00966 e. The van der Waals surface area contributed by atoms with Crippen LogP contribution >= 0.6 is 0 Å². The summed E-state index contributed by atoms with van der Waals surface area (Å²) >= 11 is 0. The van der Waals surface area contributed by atoms with E-state index in [-0.39, 0.29) is 5.54 Å². The lowest BCUT2D eigenvalue weighted by Gasteiger charge is -2.39. The van der Waals surface area contributed by atoms with Gasteiger partial charge in [0.25, 0.3) is 0 Å². The van der Waals surface area contributed by atoms with Crippen LogP contribution in [0.15, 0.2) is 42.5 Å². The van der Waals surface area contributed by atoms with Crippen LogP contribution in [0.3, 0.4) is 0 Å². The molecule has 1 saturated carbocycles. The average molecular weight is 281 g/mol. The first-order valence-electron chi connectivity index (χ1n) is 8.24. The van der Waals surface area contributed by atoms with E-state index >= 15 is 0 Å². The van der Waals surface area contributed by atoms with Crippen LogP contribution in [0, 0.1) is 11.8 Å². The van der Waals surface area contributed by atoms with Gasteiger partial charge < -0.3 is 5.32 Å². The van der Waals surface area contributed by atoms with Crippen LogP contribution in [0.2, 0.25) is 0 Å². The molecule has 3 rings (SSSR count). The molecule has 1 aliphatic carbocycles. The van der Waals surface area contributed by atoms with Gasteiger partial charge in [-0.25, -0.2) is 0 Å². The van der Waals surface area contributed by atoms with Crippen molar-refractivity contribution in [1.29, 1.82) is 0 Å². The van der Waals surface area contributed by atoms with Gasteiger partial charge in [0, 0.05) is 5.54 Å². The highest BCUT2D eigenvalue weighted by Gasteiger charge is 2.31. The van der Waals surface area contributed by atoms with Gasteiger partial charge in [-0.05, 0) is 74.8 Å². The molecule has 112 valence electrons. The molecular formula is C20H27N. The summed E-state index contributed by atoms with van der Waals surface area (Å²) in [5, 5.41) is 6.49. The summed E-state index contributed by atoms with van der Waals surface area (Å²) in [5.41, 5.74) is 1.76. The van der Waals surface area contributed by atoms with Gasteiger partial charge in [0.1, 0.15) is 0 Å². The van der Waals surface area contributed by atoms with Gasteiger partial charge in [-0.1, -0.05) is 42.5 Å². The van der Waals surface area contributed by atoms with Crippen LogP contribution in [0.1, 0.15) is 39.2 Å². The molecule has 0 heterocycles. The smallest absolute Gasteiger partial charge is 0.00966 e. The zero-order chi connectivity index (χ0) is 14.9. The van der Waals surface area contributed by atoms with Gasteiger partial charge in [0.15, 0.2) is 0 Å². The second-order valence-electron chi connectivity index (χ2n) is 7.57. The second kappa shape index (κ2) is 5.81. The van der Waals surface area contributed by atoms with Crippen LogP contribution < -0.4 is 5.32 Å². The molecule has 2 unspecified atom stereocenters. The van der Waals surface area contributed by atoms with Gasteiger partial charge >= 0.3 is 0 Å². The Labute approximate surface area is 128 Å². The van der Waals surface area contributed by atoms with Crippen LogP contribution in [0.25, 0.3) is 10.8 Å².